The number of benzene rings is 1. The average molecular weight is 201 g/mol. The zero-order chi connectivity index (χ0) is 10.7. The van der Waals surface area contributed by atoms with Gasteiger partial charge in [-0.25, -0.2) is 13.2 Å². The molecule has 0 aliphatic rings. The molecule has 1 aromatic carbocycles. The van der Waals surface area contributed by atoms with Crippen molar-refractivity contribution in [1.82, 2.24) is 0 Å². The Kier molecular flexibility index (Phi) is 3.30. The largest absolute Gasteiger partial charge is 0.327 e. The highest BCUT2D eigenvalue weighted by Gasteiger charge is 2.09. The van der Waals surface area contributed by atoms with Crippen molar-refractivity contribution in [3.63, 3.8) is 0 Å². The van der Waals surface area contributed by atoms with Gasteiger partial charge in [-0.1, -0.05) is 11.6 Å². The summed E-state index contributed by atoms with van der Waals surface area (Å²) in [5.41, 5.74) is 6.32. The highest BCUT2D eigenvalue weighted by Crippen LogP contribution is 2.15. The Morgan fingerprint density at radius 1 is 1.29 bits per heavy atom. The lowest BCUT2D eigenvalue weighted by atomic mass is 10.1. The van der Waals surface area contributed by atoms with Crippen LogP contribution in [0.15, 0.2) is 17.7 Å². The maximum atomic E-state index is 12.7. The molecule has 0 bridgehead atoms. The van der Waals surface area contributed by atoms with Gasteiger partial charge < -0.3 is 5.73 Å². The van der Waals surface area contributed by atoms with Gasteiger partial charge in [0.2, 0.25) is 0 Å². The van der Waals surface area contributed by atoms with Crippen molar-refractivity contribution in [3.05, 3.63) is 40.7 Å². The van der Waals surface area contributed by atoms with Crippen LogP contribution in [0.5, 0.6) is 0 Å². The predicted octanol–water partition coefficient (Wildman–Crippen LogP) is 2.47. The first kappa shape index (κ1) is 10.8. The van der Waals surface area contributed by atoms with Gasteiger partial charge in [-0.3, -0.25) is 0 Å². The fourth-order valence-corrected chi connectivity index (χ4v) is 1.00. The topological polar surface area (TPSA) is 26.0 Å². The molecule has 0 saturated heterocycles. The van der Waals surface area contributed by atoms with Crippen LogP contribution >= 0.6 is 0 Å². The Labute approximate surface area is 80.0 Å². The summed E-state index contributed by atoms with van der Waals surface area (Å²) in [5, 5.41) is 0. The Hall–Kier alpha value is -1.29. The average Bonchev–Trinajstić information content (AvgIpc) is 2.14. The van der Waals surface area contributed by atoms with E-state index in [2.05, 4.69) is 0 Å². The molecule has 0 aromatic heterocycles. The Morgan fingerprint density at radius 2 is 1.79 bits per heavy atom. The third kappa shape index (κ3) is 2.35. The monoisotopic (exact) mass is 201 g/mol. The highest BCUT2D eigenvalue weighted by molar-refractivity contribution is 5.52. The molecule has 0 aliphatic heterocycles. The van der Waals surface area contributed by atoms with Crippen LogP contribution in [0.25, 0.3) is 6.08 Å². The quantitative estimate of drug-likeness (QED) is 0.731. The number of hydrogen-bond donors (Lipinski definition) is 1. The normalized spacial score (nSPS) is 11.9. The minimum absolute atomic E-state index is 0.268. The van der Waals surface area contributed by atoms with Crippen LogP contribution in [-0.2, 0) is 0 Å². The lowest BCUT2D eigenvalue weighted by Gasteiger charge is -2.00. The summed E-state index contributed by atoms with van der Waals surface area (Å²) in [6, 6.07) is 1.86. The van der Waals surface area contributed by atoms with Gasteiger partial charge in [0.1, 0.15) is 0 Å². The lowest BCUT2D eigenvalue weighted by Crippen LogP contribution is -1.99. The van der Waals surface area contributed by atoms with Crippen molar-refractivity contribution in [3.8, 4) is 0 Å². The molecule has 1 nitrogen and oxygen atoms in total. The van der Waals surface area contributed by atoms with Crippen LogP contribution in [0.1, 0.15) is 12.5 Å². The van der Waals surface area contributed by atoms with Crippen LogP contribution in [-0.4, -0.2) is 6.54 Å². The minimum atomic E-state index is -1.45. The van der Waals surface area contributed by atoms with E-state index in [4.69, 9.17) is 5.73 Å². The molecule has 1 rings (SSSR count). The lowest BCUT2D eigenvalue weighted by molar-refractivity contribution is 0.447. The van der Waals surface area contributed by atoms with Crippen molar-refractivity contribution in [2.45, 2.75) is 6.92 Å². The second-order valence-corrected chi connectivity index (χ2v) is 2.99. The van der Waals surface area contributed by atoms with E-state index < -0.39 is 17.5 Å². The van der Waals surface area contributed by atoms with Crippen LogP contribution in [0.4, 0.5) is 13.2 Å². The number of rotatable bonds is 2. The zero-order valence-electron chi connectivity index (χ0n) is 7.65. The standard InChI is InChI=1S/C10H10F3N/c1-6(5-14)2-7-3-8(11)10(13)9(12)4-7/h2-4H,5,14H2,1H3. The minimum Gasteiger partial charge on any atom is -0.327 e. The van der Waals surface area contributed by atoms with E-state index in [0.717, 1.165) is 17.7 Å². The molecule has 14 heavy (non-hydrogen) atoms. The van der Waals surface area contributed by atoms with Crippen LogP contribution in [0.2, 0.25) is 0 Å². The predicted molar refractivity (Wildman–Crippen MR) is 49.0 cm³/mol. The molecule has 0 heterocycles. The van der Waals surface area contributed by atoms with E-state index >= 15 is 0 Å². The second kappa shape index (κ2) is 4.28. The third-order valence-corrected chi connectivity index (χ3v) is 1.74. The first-order chi connectivity index (χ1) is 6.54. The molecule has 0 spiro atoms. The van der Waals surface area contributed by atoms with Crippen molar-refractivity contribution >= 4 is 6.08 Å². The van der Waals surface area contributed by atoms with E-state index in [1.807, 2.05) is 0 Å². The van der Waals surface area contributed by atoms with Gasteiger partial charge in [-0.15, -0.1) is 0 Å². The molecule has 0 unspecified atom stereocenters. The van der Waals surface area contributed by atoms with Gasteiger partial charge in [0.25, 0.3) is 0 Å². The Bertz CT molecular complexity index is 349. The summed E-state index contributed by atoms with van der Waals surface area (Å²) in [5.74, 6) is -3.84. The van der Waals surface area contributed by atoms with E-state index in [9.17, 15) is 13.2 Å². The van der Waals surface area contributed by atoms with Gasteiger partial charge in [0.15, 0.2) is 17.5 Å². The second-order valence-electron chi connectivity index (χ2n) is 2.99. The van der Waals surface area contributed by atoms with E-state index in [1.165, 1.54) is 6.08 Å². The van der Waals surface area contributed by atoms with Gasteiger partial charge in [0.05, 0.1) is 0 Å². The fraction of sp³-hybridized carbons (Fsp3) is 0.200. The molecule has 0 saturated carbocycles. The number of halogens is 3. The molecule has 0 amide bonds. The summed E-state index contributed by atoms with van der Waals surface area (Å²) in [7, 11) is 0. The van der Waals surface area contributed by atoms with E-state index in [1.54, 1.807) is 6.92 Å². The molecule has 0 atom stereocenters. The van der Waals surface area contributed by atoms with Crippen molar-refractivity contribution in [2.75, 3.05) is 6.54 Å². The number of nitrogens with two attached hydrogens (primary N) is 1. The first-order valence-corrected chi connectivity index (χ1v) is 4.06. The molecule has 4 heteroatoms. The fourth-order valence-electron chi connectivity index (χ4n) is 1.00. The van der Waals surface area contributed by atoms with E-state index in [0.29, 0.717) is 6.54 Å². The Balaban J connectivity index is 3.13. The van der Waals surface area contributed by atoms with Crippen molar-refractivity contribution < 1.29 is 13.2 Å². The molecule has 2 N–H and O–H groups in total. The SMILES string of the molecule is CC(=Cc1cc(F)c(F)c(F)c1)CN. The molecule has 0 radical (unpaired) electrons. The molecular weight excluding hydrogens is 191 g/mol. The molecule has 76 valence electrons. The maximum Gasteiger partial charge on any atom is 0.194 e. The molecule has 1 aromatic rings. The molecular formula is C10H10F3N. The summed E-state index contributed by atoms with van der Waals surface area (Å²) in [6.45, 7) is 2.01. The smallest absolute Gasteiger partial charge is 0.194 e. The first-order valence-electron chi connectivity index (χ1n) is 4.06. The third-order valence-electron chi connectivity index (χ3n) is 1.74. The van der Waals surface area contributed by atoms with Gasteiger partial charge in [-0.05, 0) is 24.6 Å². The van der Waals surface area contributed by atoms with Gasteiger partial charge in [0, 0.05) is 6.54 Å². The maximum absolute atomic E-state index is 12.7. The van der Waals surface area contributed by atoms with Crippen LogP contribution < -0.4 is 5.73 Å². The van der Waals surface area contributed by atoms with Gasteiger partial charge in [-0.2, -0.15) is 0 Å². The summed E-state index contributed by atoms with van der Waals surface area (Å²) in [6.07, 6.45) is 1.51. The van der Waals surface area contributed by atoms with E-state index in [-0.39, 0.29) is 5.56 Å². The summed E-state index contributed by atoms with van der Waals surface area (Å²) < 4.78 is 38.0. The molecule has 0 fully saturated rings. The Morgan fingerprint density at radius 3 is 2.21 bits per heavy atom. The van der Waals surface area contributed by atoms with Gasteiger partial charge >= 0.3 is 0 Å². The van der Waals surface area contributed by atoms with Crippen LogP contribution in [0, 0.1) is 17.5 Å². The highest BCUT2D eigenvalue weighted by atomic mass is 19.2. The van der Waals surface area contributed by atoms with Crippen LogP contribution in [0.3, 0.4) is 0 Å². The van der Waals surface area contributed by atoms with Crippen molar-refractivity contribution in [2.24, 2.45) is 5.73 Å². The number of hydrogen-bond acceptors (Lipinski definition) is 1. The zero-order valence-corrected chi connectivity index (χ0v) is 7.65. The van der Waals surface area contributed by atoms with Crippen molar-refractivity contribution in [1.29, 1.82) is 0 Å². The summed E-state index contributed by atoms with van der Waals surface area (Å²) >= 11 is 0. The molecule has 0 aliphatic carbocycles. The summed E-state index contributed by atoms with van der Waals surface area (Å²) in [4.78, 5) is 0.